The Labute approximate surface area is 93.3 Å². The van der Waals surface area contributed by atoms with Gasteiger partial charge >= 0.3 is 0 Å². The molecule has 1 aromatic carbocycles. The van der Waals surface area contributed by atoms with Crippen LogP contribution in [0.4, 0.5) is 0 Å². The number of hydrogen-bond acceptors (Lipinski definition) is 3. The lowest BCUT2D eigenvalue weighted by atomic mass is 10.2. The molecule has 1 aromatic rings. The van der Waals surface area contributed by atoms with Crippen molar-refractivity contribution in [1.82, 2.24) is 10.7 Å². The Hall–Kier alpha value is -2.14. The number of nitrogens with two attached hydrogens (primary N) is 1. The van der Waals surface area contributed by atoms with E-state index in [2.05, 4.69) is 5.32 Å². The highest BCUT2D eigenvalue weighted by atomic mass is 16.2. The fraction of sp³-hybridized carbons (Fsp3) is 0.0909. The van der Waals surface area contributed by atoms with Crippen LogP contribution < -0.4 is 16.6 Å². The van der Waals surface area contributed by atoms with Crippen molar-refractivity contribution in [2.45, 2.75) is 0 Å². The molecule has 0 fully saturated rings. The van der Waals surface area contributed by atoms with Gasteiger partial charge in [-0.1, -0.05) is 30.3 Å². The third kappa shape index (κ3) is 4.39. The van der Waals surface area contributed by atoms with Crippen LogP contribution in [0, 0.1) is 0 Å². The number of carbonyl (C=O) groups excluding carboxylic acids is 2. The monoisotopic (exact) mass is 219 g/mol. The predicted octanol–water partition coefficient (Wildman–Crippen LogP) is -0.194. The van der Waals surface area contributed by atoms with E-state index in [1.807, 2.05) is 35.8 Å². The zero-order chi connectivity index (χ0) is 11.8. The van der Waals surface area contributed by atoms with Gasteiger partial charge in [0.25, 0.3) is 5.91 Å². The van der Waals surface area contributed by atoms with Crippen LogP contribution in [0.25, 0.3) is 6.08 Å². The summed E-state index contributed by atoms with van der Waals surface area (Å²) in [5.74, 6) is 4.07. The highest BCUT2D eigenvalue weighted by Gasteiger charge is 1.99. The summed E-state index contributed by atoms with van der Waals surface area (Å²) < 4.78 is 0. The molecule has 5 nitrogen and oxygen atoms in total. The molecule has 0 aliphatic rings. The Morgan fingerprint density at radius 3 is 2.56 bits per heavy atom. The molecule has 0 radical (unpaired) electrons. The fourth-order valence-electron chi connectivity index (χ4n) is 1.01. The van der Waals surface area contributed by atoms with Crippen molar-refractivity contribution in [3.63, 3.8) is 0 Å². The average Bonchev–Trinajstić information content (AvgIpc) is 2.34. The zero-order valence-corrected chi connectivity index (χ0v) is 8.64. The summed E-state index contributed by atoms with van der Waals surface area (Å²) in [6.45, 7) is -0.130. The van der Waals surface area contributed by atoms with Gasteiger partial charge in [0, 0.05) is 6.08 Å². The van der Waals surface area contributed by atoms with E-state index in [4.69, 9.17) is 5.84 Å². The summed E-state index contributed by atoms with van der Waals surface area (Å²) >= 11 is 0. The second-order valence-corrected chi connectivity index (χ2v) is 3.03. The van der Waals surface area contributed by atoms with Gasteiger partial charge in [-0.15, -0.1) is 0 Å². The Bertz CT molecular complexity index is 387. The van der Waals surface area contributed by atoms with Crippen LogP contribution in [0.15, 0.2) is 36.4 Å². The molecular formula is C11H13N3O2. The molecule has 0 aliphatic heterocycles. The van der Waals surface area contributed by atoms with Crippen molar-refractivity contribution in [2.24, 2.45) is 5.84 Å². The summed E-state index contributed by atoms with van der Waals surface area (Å²) in [6, 6.07) is 9.38. The van der Waals surface area contributed by atoms with E-state index in [9.17, 15) is 9.59 Å². The maximum Gasteiger partial charge on any atom is 0.253 e. The molecule has 0 aliphatic carbocycles. The van der Waals surface area contributed by atoms with E-state index in [0.29, 0.717) is 0 Å². The van der Waals surface area contributed by atoms with Crippen LogP contribution in [0.5, 0.6) is 0 Å². The van der Waals surface area contributed by atoms with Crippen molar-refractivity contribution in [2.75, 3.05) is 6.54 Å². The maximum absolute atomic E-state index is 11.2. The lowest BCUT2D eigenvalue weighted by Crippen LogP contribution is -2.39. The normalized spacial score (nSPS) is 10.1. The molecule has 4 N–H and O–H groups in total. The molecule has 0 aromatic heterocycles. The maximum atomic E-state index is 11.2. The van der Waals surface area contributed by atoms with Gasteiger partial charge in [0.1, 0.15) is 0 Å². The molecule has 0 unspecified atom stereocenters. The zero-order valence-electron chi connectivity index (χ0n) is 8.64. The van der Waals surface area contributed by atoms with Gasteiger partial charge in [0.05, 0.1) is 6.54 Å². The quantitative estimate of drug-likeness (QED) is 0.284. The first-order valence-corrected chi connectivity index (χ1v) is 4.73. The highest BCUT2D eigenvalue weighted by Crippen LogP contribution is 2.00. The van der Waals surface area contributed by atoms with Crippen LogP contribution in [0.2, 0.25) is 0 Å². The van der Waals surface area contributed by atoms with Gasteiger partial charge in [-0.3, -0.25) is 15.0 Å². The molecule has 0 bridgehead atoms. The minimum atomic E-state index is -0.443. The summed E-state index contributed by atoms with van der Waals surface area (Å²) in [4.78, 5) is 21.9. The van der Waals surface area contributed by atoms with Gasteiger partial charge in [0.15, 0.2) is 0 Å². The largest absolute Gasteiger partial charge is 0.343 e. The molecule has 0 saturated heterocycles. The lowest BCUT2D eigenvalue weighted by Gasteiger charge is -1.99. The van der Waals surface area contributed by atoms with Crippen LogP contribution in [0.3, 0.4) is 0 Å². The second kappa shape index (κ2) is 6.36. The summed E-state index contributed by atoms with van der Waals surface area (Å²) in [7, 11) is 0. The summed E-state index contributed by atoms with van der Waals surface area (Å²) in [5, 5.41) is 2.39. The predicted molar refractivity (Wildman–Crippen MR) is 60.8 cm³/mol. The van der Waals surface area contributed by atoms with Crippen molar-refractivity contribution in [3.05, 3.63) is 42.0 Å². The molecular weight excluding hydrogens is 206 g/mol. The Morgan fingerprint density at radius 2 is 1.94 bits per heavy atom. The molecule has 0 heterocycles. The van der Waals surface area contributed by atoms with E-state index in [-0.39, 0.29) is 12.5 Å². The summed E-state index contributed by atoms with van der Waals surface area (Å²) in [6.07, 6.45) is 3.02. The second-order valence-electron chi connectivity index (χ2n) is 3.03. The molecule has 0 spiro atoms. The first kappa shape index (κ1) is 11.9. The Balaban J connectivity index is 2.40. The first-order chi connectivity index (χ1) is 7.72. The summed E-state index contributed by atoms with van der Waals surface area (Å²) in [5.41, 5.74) is 2.83. The van der Waals surface area contributed by atoms with Crippen LogP contribution in [0.1, 0.15) is 5.56 Å². The van der Waals surface area contributed by atoms with E-state index < -0.39 is 5.91 Å². The molecule has 1 rings (SSSR count). The third-order valence-electron chi connectivity index (χ3n) is 1.81. The van der Waals surface area contributed by atoms with E-state index in [1.54, 1.807) is 6.08 Å². The average molecular weight is 219 g/mol. The van der Waals surface area contributed by atoms with Crippen LogP contribution in [-0.2, 0) is 9.59 Å². The van der Waals surface area contributed by atoms with Crippen molar-refractivity contribution in [1.29, 1.82) is 0 Å². The van der Waals surface area contributed by atoms with Crippen molar-refractivity contribution >= 4 is 17.9 Å². The smallest absolute Gasteiger partial charge is 0.253 e. The van der Waals surface area contributed by atoms with Gasteiger partial charge < -0.3 is 5.32 Å². The standard InChI is InChI=1S/C11H13N3O2/c12-14-11(16)8-13-10(15)7-6-9-4-2-1-3-5-9/h1-7H,8,12H2,(H,13,15)(H,14,16)/b7-6+. The van der Waals surface area contributed by atoms with Gasteiger partial charge in [0.2, 0.25) is 5.91 Å². The third-order valence-corrected chi connectivity index (χ3v) is 1.81. The number of benzene rings is 1. The van der Waals surface area contributed by atoms with Gasteiger partial charge in [-0.25, -0.2) is 5.84 Å². The first-order valence-electron chi connectivity index (χ1n) is 4.73. The molecule has 16 heavy (non-hydrogen) atoms. The number of carbonyl (C=O) groups is 2. The van der Waals surface area contributed by atoms with Gasteiger partial charge in [-0.2, -0.15) is 0 Å². The SMILES string of the molecule is NNC(=O)CNC(=O)/C=C/c1ccccc1. The van der Waals surface area contributed by atoms with E-state index in [0.717, 1.165) is 5.56 Å². The molecule has 5 heteroatoms. The molecule has 0 saturated carbocycles. The Morgan fingerprint density at radius 1 is 1.25 bits per heavy atom. The number of hydrazine groups is 1. The van der Waals surface area contributed by atoms with Crippen molar-refractivity contribution in [3.8, 4) is 0 Å². The van der Waals surface area contributed by atoms with E-state index in [1.165, 1.54) is 6.08 Å². The molecule has 2 amide bonds. The highest BCUT2D eigenvalue weighted by molar-refractivity contribution is 5.94. The number of hydrogen-bond donors (Lipinski definition) is 3. The van der Waals surface area contributed by atoms with Crippen LogP contribution in [-0.4, -0.2) is 18.4 Å². The number of rotatable bonds is 4. The number of nitrogens with one attached hydrogen (secondary N) is 2. The van der Waals surface area contributed by atoms with Crippen molar-refractivity contribution < 1.29 is 9.59 Å². The minimum Gasteiger partial charge on any atom is -0.343 e. The minimum absolute atomic E-state index is 0.130. The fourth-order valence-corrected chi connectivity index (χ4v) is 1.01. The lowest BCUT2D eigenvalue weighted by molar-refractivity contribution is -0.123. The molecule has 0 atom stereocenters. The van der Waals surface area contributed by atoms with E-state index >= 15 is 0 Å². The number of amides is 2. The molecule has 84 valence electrons. The van der Waals surface area contributed by atoms with Gasteiger partial charge in [-0.05, 0) is 11.6 Å². The Kier molecular flexibility index (Phi) is 4.75. The topological polar surface area (TPSA) is 84.2 Å². The van der Waals surface area contributed by atoms with Crippen LogP contribution >= 0.6 is 0 Å².